The highest BCUT2D eigenvalue weighted by atomic mass is 35.5. The summed E-state index contributed by atoms with van der Waals surface area (Å²) in [6, 6.07) is 1.00. The number of nitrogens with one attached hydrogen (secondary N) is 2. The number of anilines is 1. The lowest BCUT2D eigenvalue weighted by Gasteiger charge is -2.49. The Balaban J connectivity index is 1.18. The normalized spacial score (nSPS) is 18.6. The third-order valence-electron chi connectivity index (χ3n) is 8.04. The number of fused-ring (bicyclic) bond motifs is 2. The molecule has 0 radical (unpaired) electrons. The molecule has 1 aromatic carbocycles. The number of aliphatic carboxylic acids is 1. The number of aliphatic imine (C=N–C) groups is 1. The third-order valence-corrected chi connectivity index (χ3v) is 11.6. The van der Waals surface area contributed by atoms with Crippen LogP contribution in [0.2, 0.25) is 0 Å². The molecule has 26 heteroatoms. The second-order valence-electron chi connectivity index (χ2n) is 11.9. The molecule has 0 saturated carbocycles. The molecule has 4 aliphatic rings. The Morgan fingerprint density at radius 1 is 1.10 bits per heavy atom. The zero-order chi connectivity index (χ0) is 42.0. The number of thioether (sulfide) groups is 2. The molecule has 2 atom stereocenters. The quantitative estimate of drug-likeness (QED) is 0.0366. The summed E-state index contributed by atoms with van der Waals surface area (Å²) in [6.07, 6.45) is 1.69. The van der Waals surface area contributed by atoms with Gasteiger partial charge in [0.15, 0.2) is 28.2 Å². The van der Waals surface area contributed by atoms with E-state index in [4.69, 9.17) is 43.2 Å². The van der Waals surface area contributed by atoms with Crippen molar-refractivity contribution in [1.29, 1.82) is 0 Å². The number of amides is 3. The van der Waals surface area contributed by atoms with Crippen molar-refractivity contribution in [2.75, 3.05) is 29.0 Å². The molecule has 6 rings (SSSR count). The predicted molar refractivity (Wildman–Crippen MR) is 209 cm³/mol. The van der Waals surface area contributed by atoms with Gasteiger partial charge in [-0.1, -0.05) is 5.16 Å². The highest BCUT2D eigenvalue weighted by Gasteiger charge is 2.54. The molecule has 1 saturated heterocycles. The lowest BCUT2D eigenvalue weighted by atomic mass is 10.0. The van der Waals surface area contributed by atoms with Gasteiger partial charge in [-0.25, -0.2) is 29.4 Å². The Labute approximate surface area is 348 Å². The van der Waals surface area contributed by atoms with Crippen molar-refractivity contribution >= 4 is 116 Å². The van der Waals surface area contributed by atoms with Crippen LogP contribution >= 0.6 is 58.1 Å². The van der Waals surface area contributed by atoms with E-state index < -0.39 is 70.7 Å². The molecule has 21 nitrogen and oxygen atoms in total. The first-order valence-electron chi connectivity index (χ1n) is 16.2. The first-order valence-corrected chi connectivity index (χ1v) is 20.2. The number of thiazole rings is 1. The van der Waals surface area contributed by atoms with Gasteiger partial charge in [-0.2, -0.15) is 5.01 Å². The number of carboxylic acids is 1. The molecule has 1 aromatic heterocycles. The van der Waals surface area contributed by atoms with Crippen LogP contribution in [0.25, 0.3) is 0 Å². The fourth-order valence-electron chi connectivity index (χ4n) is 5.51. The van der Waals surface area contributed by atoms with Gasteiger partial charge >= 0.3 is 30.0 Å². The molecule has 0 bridgehead atoms. The number of carbonyl (C=O) groups is 7. The number of aryl methyl sites for hydroxylation is 1. The molecule has 4 aliphatic heterocycles. The van der Waals surface area contributed by atoms with Crippen LogP contribution in [0.4, 0.5) is 9.93 Å². The van der Waals surface area contributed by atoms with E-state index in [1.165, 1.54) is 53.1 Å². The lowest BCUT2D eigenvalue weighted by molar-refractivity contribution is -0.150. The average molecular weight is 897 g/mol. The Morgan fingerprint density at radius 2 is 1.79 bits per heavy atom. The van der Waals surface area contributed by atoms with Gasteiger partial charge in [-0.15, -0.1) is 63.6 Å². The number of oxime groups is 1. The van der Waals surface area contributed by atoms with Gasteiger partial charge in [0.25, 0.3) is 11.8 Å². The van der Waals surface area contributed by atoms with Crippen LogP contribution in [0.5, 0.6) is 11.5 Å². The van der Waals surface area contributed by atoms with Crippen molar-refractivity contribution in [2.45, 2.75) is 25.3 Å². The summed E-state index contributed by atoms with van der Waals surface area (Å²) in [5.41, 5.74) is 8.40. The summed E-state index contributed by atoms with van der Waals surface area (Å²) in [5.74, 6) is -7.29. The number of rotatable bonds is 13. The summed E-state index contributed by atoms with van der Waals surface area (Å²) >= 11 is 14.4. The van der Waals surface area contributed by atoms with E-state index in [-0.39, 0.29) is 50.7 Å². The molecule has 6 N–H and O–H groups in total. The summed E-state index contributed by atoms with van der Waals surface area (Å²) < 4.78 is 10.2. The maximum Gasteiger partial charge on any atom is 0.427 e. The fraction of sp³-hybridized carbons (Fsp3) is 0.250. The number of ether oxygens (including phenoxy) is 2. The van der Waals surface area contributed by atoms with E-state index in [1.54, 1.807) is 13.0 Å². The van der Waals surface area contributed by atoms with Crippen LogP contribution in [0.15, 0.2) is 62.1 Å². The largest absolute Gasteiger partial charge is 0.477 e. The van der Waals surface area contributed by atoms with Crippen molar-refractivity contribution in [3.05, 3.63) is 68.7 Å². The van der Waals surface area contributed by atoms with E-state index in [9.17, 15) is 43.8 Å². The molecule has 304 valence electrons. The number of esters is 2. The Bertz CT molecular complexity index is 2310. The van der Waals surface area contributed by atoms with Crippen molar-refractivity contribution in [2.24, 2.45) is 10.1 Å². The number of hydrazine groups is 2. The summed E-state index contributed by atoms with van der Waals surface area (Å²) in [7, 11) is 0. The number of hydrogen-bond donors (Lipinski definition) is 5. The number of carbonyl (C=O) groups excluding carboxylic acids is 5. The number of allylic oxidation sites excluding steroid dienone is 1. The molecule has 1 fully saturated rings. The SMILES string of the molecule is CC1=NC2=CN(C(=O)O)NN2C(SCC2=C(C(=O)O)N3C(=O)[C@@H](NC(=O)C(=NOC(=O)c4cc(OC(=O)CCl)c(OC(=O)CCl)cc4C)c4csc(N)n4)[C@H]3SC2)=C1. The van der Waals surface area contributed by atoms with Gasteiger partial charge in [0, 0.05) is 22.6 Å². The standard InChI is InChI=1S/C32H27Cl2N9O12S3/c1-12-3-17(53-21(44)6-33)18(54-22(45)7-34)5-15(12)30(50)55-39-23(16-11-58-31(35)37-16)26(46)38-24-27(47)42-25(29(48)49)14(10-57-28(24)42)9-56-20-4-13(2)36-19-8-41(32(51)52)40-43(19)20/h3-5,8,11,24,28,40H,6-7,9-10H2,1-2H3,(H2,35,37)(H,38,46)(H,48,49)(H,51,52)/t24-,28-/m1/s1. The van der Waals surface area contributed by atoms with Gasteiger partial charge < -0.3 is 35.6 Å². The number of hydrogen-bond acceptors (Lipinski definition) is 19. The van der Waals surface area contributed by atoms with Gasteiger partial charge in [-0.05, 0) is 43.2 Å². The minimum atomic E-state index is -1.38. The van der Waals surface area contributed by atoms with E-state index in [0.29, 0.717) is 22.1 Å². The van der Waals surface area contributed by atoms with E-state index in [0.717, 1.165) is 27.3 Å². The van der Waals surface area contributed by atoms with Crippen LogP contribution < -0.4 is 26.1 Å². The van der Waals surface area contributed by atoms with Gasteiger partial charge in [0.2, 0.25) is 0 Å². The Morgan fingerprint density at radius 3 is 2.41 bits per heavy atom. The van der Waals surface area contributed by atoms with Gasteiger partial charge in [-0.3, -0.25) is 24.1 Å². The molecule has 0 spiro atoms. The van der Waals surface area contributed by atoms with Crippen LogP contribution in [-0.4, -0.2) is 118 Å². The van der Waals surface area contributed by atoms with Gasteiger partial charge in [0.1, 0.15) is 34.6 Å². The zero-order valence-electron chi connectivity index (χ0n) is 29.6. The highest BCUT2D eigenvalue weighted by molar-refractivity contribution is 8.03. The maximum absolute atomic E-state index is 13.7. The number of carboxylic acid groups (broad SMARTS) is 2. The molecule has 0 aliphatic carbocycles. The first-order chi connectivity index (χ1) is 27.6. The highest BCUT2D eigenvalue weighted by Crippen LogP contribution is 2.42. The van der Waals surface area contributed by atoms with Gasteiger partial charge in [0.05, 0.1) is 16.8 Å². The number of halogens is 2. The smallest absolute Gasteiger partial charge is 0.427 e. The van der Waals surface area contributed by atoms with Crippen molar-refractivity contribution in [3.8, 4) is 11.5 Å². The van der Waals surface area contributed by atoms with Crippen molar-refractivity contribution in [3.63, 3.8) is 0 Å². The van der Waals surface area contributed by atoms with E-state index in [1.807, 2.05) is 0 Å². The lowest BCUT2D eigenvalue weighted by Crippen LogP contribution is -2.71. The second-order valence-corrected chi connectivity index (χ2v) is 15.5. The van der Waals surface area contributed by atoms with Crippen LogP contribution in [0.3, 0.4) is 0 Å². The fourth-order valence-corrected chi connectivity index (χ4v) is 8.72. The zero-order valence-corrected chi connectivity index (χ0v) is 33.5. The number of nitrogens with two attached hydrogens (primary N) is 1. The average Bonchev–Trinajstić information content (AvgIpc) is 3.82. The monoisotopic (exact) mass is 895 g/mol. The summed E-state index contributed by atoms with van der Waals surface area (Å²) in [5, 5.41) is 29.2. The predicted octanol–water partition coefficient (Wildman–Crippen LogP) is 2.19. The molecule has 3 amide bonds. The number of alkyl halides is 2. The molecule has 0 unspecified atom stereocenters. The molecule has 58 heavy (non-hydrogen) atoms. The third kappa shape index (κ3) is 8.75. The molecule has 2 aromatic rings. The number of aromatic nitrogens is 1. The Kier molecular flexibility index (Phi) is 12.6. The molecule has 5 heterocycles. The van der Waals surface area contributed by atoms with E-state index in [2.05, 4.69) is 26.0 Å². The van der Waals surface area contributed by atoms with E-state index >= 15 is 0 Å². The number of nitrogen functional groups attached to an aromatic ring is 1. The van der Waals surface area contributed by atoms with Crippen LogP contribution in [0.1, 0.15) is 28.5 Å². The number of nitrogens with zero attached hydrogens (tertiary/aromatic N) is 6. The van der Waals surface area contributed by atoms with Crippen LogP contribution in [-0.2, 0) is 28.8 Å². The minimum Gasteiger partial charge on any atom is -0.477 e. The Hall–Kier alpha value is -5.66. The number of β-lactam (4-membered cyclic amide) rings is 1. The van der Waals surface area contributed by atoms with Crippen LogP contribution in [0, 0.1) is 6.92 Å². The molecular weight excluding hydrogens is 870 g/mol. The molecular formula is C32H27Cl2N9O12S3. The summed E-state index contributed by atoms with van der Waals surface area (Å²) in [6.45, 7) is 3.16. The van der Waals surface area contributed by atoms with Crippen molar-refractivity contribution in [1.82, 2.24) is 30.8 Å². The minimum absolute atomic E-state index is 0.0271. The van der Waals surface area contributed by atoms with Crippen molar-refractivity contribution < 1.29 is 58.1 Å². The topological polar surface area (TPSA) is 285 Å². The second kappa shape index (κ2) is 17.5. The maximum atomic E-state index is 13.7. The first kappa shape index (κ1) is 42.0. The summed E-state index contributed by atoms with van der Waals surface area (Å²) in [4.78, 5) is 103. The number of benzene rings is 1.